The minimum absolute atomic E-state index is 0.0615. The highest BCUT2D eigenvalue weighted by atomic mass is 16.5. The predicted octanol–water partition coefficient (Wildman–Crippen LogP) is 4.22. The van der Waals surface area contributed by atoms with Crippen LogP contribution in [0, 0.1) is 5.92 Å². The lowest BCUT2D eigenvalue weighted by atomic mass is 9.97. The molecule has 1 fully saturated rings. The van der Waals surface area contributed by atoms with Crippen molar-refractivity contribution in [2.75, 3.05) is 18.4 Å². The summed E-state index contributed by atoms with van der Waals surface area (Å²) in [7, 11) is 0. The van der Waals surface area contributed by atoms with Crippen LogP contribution in [0.5, 0.6) is 5.75 Å². The lowest BCUT2D eigenvalue weighted by Gasteiger charge is -2.31. The van der Waals surface area contributed by atoms with E-state index >= 15 is 0 Å². The fraction of sp³-hybridized carbons (Fsp3) is 0.259. The Kier molecular flexibility index (Phi) is 7.37. The van der Waals surface area contributed by atoms with E-state index in [1.54, 1.807) is 12.1 Å². The van der Waals surface area contributed by atoms with Crippen LogP contribution in [0.1, 0.15) is 34.3 Å². The molecule has 3 N–H and O–H groups in total. The Labute approximate surface area is 194 Å². The summed E-state index contributed by atoms with van der Waals surface area (Å²) >= 11 is 0. The monoisotopic (exact) mass is 443 g/mol. The van der Waals surface area contributed by atoms with Crippen LogP contribution in [0.2, 0.25) is 0 Å². The van der Waals surface area contributed by atoms with Crippen molar-refractivity contribution in [3.05, 3.63) is 95.6 Å². The molecule has 6 heteroatoms. The molecule has 0 saturated carbocycles. The summed E-state index contributed by atoms with van der Waals surface area (Å²) in [6, 6.07) is 24.9. The summed E-state index contributed by atoms with van der Waals surface area (Å²) < 4.78 is 5.74. The van der Waals surface area contributed by atoms with Gasteiger partial charge in [0.1, 0.15) is 12.4 Å². The minimum Gasteiger partial charge on any atom is -0.489 e. The highest BCUT2D eigenvalue weighted by Gasteiger charge is 2.23. The lowest BCUT2D eigenvalue weighted by molar-refractivity contribution is -0.123. The number of hydrogen-bond acceptors (Lipinski definition) is 4. The molecule has 1 aliphatic heterocycles. The number of rotatable bonds is 8. The van der Waals surface area contributed by atoms with Gasteiger partial charge in [0.15, 0.2) is 0 Å². The third kappa shape index (κ3) is 6.43. The maximum Gasteiger partial charge on any atom is 0.255 e. The summed E-state index contributed by atoms with van der Waals surface area (Å²) in [6.07, 6.45) is 1.86. The molecule has 0 aliphatic carbocycles. The number of carbonyl (C=O) groups excluding carboxylic acids is 2. The first-order valence-electron chi connectivity index (χ1n) is 11.3. The third-order valence-electron chi connectivity index (χ3n) is 5.89. The molecule has 3 aromatic rings. The molecule has 0 aromatic heterocycles. The Morgan fingerprint density at radius 3 is 2.33 bits per heavy atom. The fourth-order valence-electron chi connectivity index (χ4n) is 4.02. The number of piperidine rings is 1. The van der Waals surface area contributed by atoms with E-state index < -0.39 is 0 Å². The Balaban J connectivity index is 1.28. The molecule has 0 bridgehead atoms. The van der Waals surface area contributed by atoms with E-state index in [9.17, 15) is 9.59 Å². The summed E-state index contributed by atoms with van der Waals surface area (Å²) in [6.45, 7) is 2.89. The van der Waals surface area contributed by atoms with Crippen LogP contribution >= 0.6 is 0 Å². The van der Waals surface area contributed by atoms with E-state index in [1.165, 1.54) is 0 Å². The molecule has 6 nitrogen and oxygen atoms in total. The predicted molar refractivity (Wildman–Crippen MR) is 129 cm³/mol. The van der Waals surface area contributed by atoms with Gasteiger partial charge in [-0.25, -0.2) is 0 Å². The zero-order valence-electron chi connectivity index (χ0n) is 18.6. The molecule has 1 unspecified atom stereocenters. The summed E-state index contributed by atoms with van der Waals surface area (Å²) in [5, 5.41) is 2.94. The van der Waals surface area contributed by atoms with Crippen LogP contribution in [0.15, 0.2) is 78.9 Å². The second kappa shape index (κ2) is 10.8. The summed E-state index contributed by atoms with van der Waals surface area (Å²) in [4.78, 5) is 26.3. The zero-order valence-corrected chi connectivity index (χ0v) is 18.6. The van der Waals surface area contributed by atoms with Crippen LogP contribution in [0.3, 0.4) is 0 Å². The first kappa shape index (κ1) is 22.6. The Morgan fingerprint density at radius 2 is 1.64 bits per heavy atom. The van der Waals surface area contributed by atoms with Crippen molar-refractivity contribution in [1.82, 2.24) is 4.90 Å². The van der Waals surface area contributed by atoms with Gasteiger partial charge in [0, 0.05) is 24.3 Å². The van der Waals surface area contributed by atoms with Crippen LogP contribution in [-0.2, 0) is 17.9 Å². The minimum atomic E-state index is -0.213. The van der Waals surface area contributed by atoms with E-state index in [0.717, 1.165) is 48.5 Å². The lowest BCUT2D eigenvalue weighted by Crippen LogP contribution is -2.40. The van der Waals surface area contributed by atoms with Crippen LogP contribution in [-0.4, -0.2) is 29.8 Å². The maximum absolute atomic E-state index is 12.6. The third-order valence-corrected chi connectivity index (χ3v) is 5.89. The van der Waals surface area contributed by atoms with E-state index in [-0.39, 0.29) is 17.7 Å². The van der Waals surface area contributed by atoms with Gasteiger partial charge >= 0.3 is 0 Å². The molecule has 33 heavy (non-hydrogen) atoms. The molecule has 2 amide bonds. The largest absolute Gasteiger partial charge is 0.489 e. The number of amides is 2. The number of anilines is 1. The van der Waals surface area contributed by atoms with Crippen molar-refractivity contribution < 1.29 is 14.3 Å². The van der Waals surface area contributed by atoms with Gasteiger partial charge in [-0.2, -0.15) is 0 Å². The van der Waals surface area contributed by atoms with E-state index in [2.05, 4.69) is 10.2 Å². The van der Waals surface area contributed by atoms with Gasteiger partial charge in [0.2, 0.25) is 5.91 Å². The van der Waals surface area contributed by atoms with Gasteiger partial charge in [-0.15, -0.1) is 0 Å². The van der Waals surface area contributed by atoms with Gasteiger partial charge in [-0.1, -0.05) is 42.5 Å². The van der Waals surface area contributed by atoms with Gasteiger partial charge in [0.25, 0.3) is 5.91 Å². The first-order chi connectivity index (χ1) is 16.1. The van der Waals surface area contributed by atoms with E-state index in [4.69, 9.17) is 10.5 Å². The van der Waals surface area contributed by atoms with Crippen molar-refractivity contribution in [2.24, 2.45) is 11.7 Å². The number of hydrogen-bond donors (Lipinski definition) is 2. The van der Waals surface area contributed by atoms with Crippen molar-refractivity contribution in [3.63, 3.8) is 0 Å². The van der Waals surface area contributed by atoms with Crippen molar-refractivity contribution in [3.8, 4) is 5.75 Å². The molecular weight excluding hydrogens is 414 g/mol. The number of nitrogens with one attached hydrogen (secondary N) is 1. The Hall–Kier alpha value is -3.64. The molecule has 170 valence electrons. The maximum atomic E-state index is 12.6. The molecule has 3 aromatic carbocycles. The fourth-order valence-corrected chi connectivity index (χ4v) is 4.02. The number of benzene rings is 3. The van der Waals surface area contributed by atoms with E-state index in [1.807, 2.05) is 66.7 Å². The number of likely N-dealkylation sites (tertiary alicyclic amines) is 1. The molecule has 0 spiro atoms. The Bertz CT molecular complexity index is 1070. The van der Waals surface area contributed by atoms with Crippen molar-refractivity contribution in [1.29, 1.82) is 0 Å². The van der Waals surface area contributed by atoms with Gasteiger partial charge in [0.05, 0.1) is 5.92 Å². The van der Waals surface area contributed by atoms with Crippen LogP contribution in [0.25, 0.3) is 0 Å². The number of nitrogens with zero attached hydrogens (tertiary/aromatic N) is 1. The molecule has 4 rings (SSSR count). The second-order valence-electron chi connectivity index (χ2n) is 8.43. The van der Waals surface area contributed by atoms with Crippen molar-refractivity contribution in [2.45, 2.75) is 26.0 Å². The standard InChI is InChI=1S/C27H29N3O3/c28-26(31)23-5-4-16-30(18-23)17-20-10-14-24(15-11-20)29-27(32)22-12-8-21(9-13-22)19-33-25-6-2-1-3-7-25/h1-3,6-15,23H,4-5,16-19H2,(H2,28,31)(H,29,32). The van der Waals surface area contributed by atoms with Gasteiger partial charge < -0.3 is 15.8 Å². The number of para-hydroxylation sites is 1. The number of nitrogens with two attached hydrogens (primary N) is 1. The number of ether oxygens (including phenoxy) is 1. The molecule has 1 aliphatic rings. The SMILES string of the molecule is NC(=O)C1CCCN(Cc2ccc(NC(=O)c3ccc(COc4ccccc4)cc3)cc2)C1. The molecule has 1 atom stereocenters. The molecular formula is C27H29N3O3. The quantitative estimate of drug-likeness (QED) is 0.546. The highest BCUT2D eigenvalue weighted by Crippen LogP contribution is 2.20. The number of primary amides is 1. The summed E-state index contributed by atoms with van der Waals surface area (Å²) in [5.41, 5.74) is 8.94. The molecule has 1 heterocycles. The van der Waals surface area contributed by atoms with Crippen molar-refractivity contribution >= 4 is 17.5 Å². The first-order valence-corrected chi connectivity index (χ1v) is 11.3. The van der Waals surface area contributed by atoms with E-state index in [0.29, 0.717) is 18.7 Å². The van der Waals surface area contributed by atoms with Crippen LogP contribution in [0.4, 0.5) is 5.69 Å². The smallest absolute Gasteiger partial charge is 0.255 e. The average molecular weight is 444 g/mol. The Morgan fingerprint density at radius 1 is 0.939 bits per heavy atom. The summed E-state index contributed by atoms with van der Waals surface area (Å²) in [5.74, 6) is 0.387. The average Bonchev–Trinajstić information content (AvgIpc) is 2.85. The molecule has 1 saturated heterocycles. The zero-order chi connectivity index (χ0) is 23.0. The second-order valence-corrected chi connectivity index (χ2v) is 8.43. The van der Waals surface area contributed by atoms with Gasteiger partial charge in [-0.3, -0.25) is 14.5 Å². The topological polar surface area (TPSA) is 84.7 Å². The molecule has 0 radical (unpaired) electrons. The number of carbonyl (C=O) groups is 2. The highest BCUT2D eigenvalue weighted by molar-refractivity contribution is 6.04. The van der Waals surface area contributed by atoms with Gasteiger partial charge in [-0.05, 0) is 66.9 Å². The normalized spacial score (nSPS) is 16.2. The van der Waals surface area contributed by atoms with Crippen LogP contribution < -0.4 is 15.8 Å².